The molecule has 0 radical (unpaired) electrons. The first-order valence-electron chi connectivity index (χ1n) is 7.93. The summed E-state index contributed by atoms with van der Waals surface area (Å²) in [5.74, 6) is -0.723. The summed E-state index contributed by atoms with van der Waals surface area (Å²) in [5.41, 5.74) is 1.53. The second-order valence-corrected chi connectivity index (χ2v) is 5.47. The van der Waals surface area contributed by atoms with Gasteiger partial charge in [-0.1, -0.05) is 31.5 Å². The molecule has 0 aliphatic carbocycles. The maximum absolute atomic E-state index is 14.1. The number of unbranched alkanes of at least 4 members (excludes halogenated alkanes) is 1. The van der Waals surface area contributed by atoms with E-state index in [0.717, 1.165) is 18.4 Å². The van der Waals surface area contributed by atoms with Crippen LogP contribution in [0, 0.1) is 5.82 Å². The summed E-state index contributed by atoms with van der Waals surface area (Å²) in [6.45, 7) is 4.01. The lowest BCUT2D eigenvalue weighted by molar-refractivity contribution is -0.144. The minimum Gasteiger partial charge on any atom is -0.491 e. The van der Waals surface area contributed by atoms with Crippen LogP contribution in [-0.4, -0.2) is 23.8 Å². The summed E-state index contributed by atoms with van der Waals surface area (Å²) in [6, 6.07) is 11.7. The Kier molecular flexibility index (Phi) is 6.18. The molecule has 0 amide bonds. The smallest absolute Gasteiger partial charge is 0.344 e. The Labute approximate surface area is 140 Å². The third-order valence-corrected chi connectivity index (χ3v) is 3.54. The minimum absolute atomic E-state index is 0.252. The molecule has 2 aromatic carbocycles. The second-order valence-electron chi connectivity index (χ2n) is 5.47. The molecule has 1 N–H and O–H groups in total. The van der Waals surface area contributed by atoms with Crippen LogP contribution in [-0.2, 0) is 4.79 Å². The van der Waals surface area contributed by atoms with E-state index >= 15 is 0 Å². The van der Waals surface area contributed by atoms with Gasteiger partial charge in [-0.2, -0.15) is 0 Å². The Morgan fingerprint density at radius 3 is 2.42 bits per heavy atom. The van der Waals surface area contributed by atoms with Crippen molar-refractivity contribution >= 4 is 5.97 Å². The highest BCUT2D eigenvalue weighted by atomic mass is 19.1. The van der Waals surface area contributed by atoms with Crippen molar-refractivity contribution in [2.75, 3.05) is 6.61 Å². The van der Waals surface area contributed by atoms with Crippen LogP contribution < -0.4 is 9.47 Å². The molecule has 0 saturated carbocycles. The van der Waals surface area contributed by atoms with E-state index < -0.39 is 17.9 Å². The zero-order chi connectivity index (χ0) is 17.5. The molecular weight excluding hydrogens is 311 g/mol. The van der Waals surface area contributed by atoms with Gasteiger partial charge in [0.2, 0.25) is 0 Å². The van der Waals surface area contributed by atoms with Crippen molar-refractivity contribution in [1.29, 1.82) is 0 Å². The average Bonchev–Trinajstić information content (AvgIpc) is 2.57. The number of hydrogen-bond acceptors (Lipinski definition) is 3. The molecule has 0 aromatic heterocycles. The molecule has 0 bridgehead atoms. The number of carboxylic acid groups (broad SMARTS) is 1. The van der Waals surface area contributed by atoms with Crippen molar-refractivity contribution < 1.29 is 23.8 Å². The van der Waals surface area contributed by atoms with E-state index in [1.54, 1.807) is 36.4 Å². The average molecular weight is 332 g/mol. The van der Waals surface area contributed by atoms with Crippen LogP contribution in [0.4, 0.5) is 4.39 Å². The van der Waals surface area contributed by atoms with Gasteiger partial charge in [0.15, 0.2) is 17.7 Å². The Morgan fingerprint density at radius 2 is 1.83 bits per heavy atom. The minimum atomic E-state index is -1.03. The predicted octanol–water partition coefficient (Wildman–Crippen LogP) is 4.52. The number of ether oxygens (including phenoxy) is 2. The fourth-order valence-electron chi connectivity index (χ4n) is 2.10. The van der Waals surface area contributed by atoms with Gasteiger partial charge in [0.05, 0.1) is 6.61 Å². The molecule has 0 heterocycles. The topological polar surface area (TPSA) is 55.8 Å². The maximum atomic E-state index is 14.1. The van der Waals surface area contributed by atoms with E-state index in [1.807, 2.05) is 6.92 Å². The molecule has 4 nitrogen and oxygen atoms in total. The lowest BCUT2D eigenvalue weighted by Gasteiger charge is -2.11. The summed E-state index contributed by atoms with van der Waals surface area (Å²) < 4.78 is 24.8. The molecule has 0 aliphatic heterocycles. The highest BCUT2D eigenvalue weighted by Crippen LogP contribution is 2.27. The van der Waals surface area contributed by atoms with Gasteiger partial charge in [-0.15, -0.1) is 0 Å². The molecule has 0 fully saturated rings. The zero-order valence-electron chi connectivity index (χ0n) is 13.8. The van der Waals surface area contributed by atoms with Crippen LogP contribution in [0.5, 0.6) is 11.5 Å². The molecular formula is C19H21FO4. The standard InChI is InChI=1S/C19H21FO4/c1-3-4-11-23-18-10-7-15(12-17(18)20)14-5-8-16(9-6-14)24-13(2)19(21)22/h5-10,12-13H,3-4,11H2,1-2H3,(H,21,22). The monoisotopic (exact) mass is 332 g/mol. The molecule has 0 aliphatic rings. The third-order valence-electron chi connectivity index (χ3n) is 3.54. The lowest BCUT2D eigenvalue weighted by atomic mass is 10.1. The number of rotatable bonds is 8. The molecule has 5 heteroatoms. The molecule has 24 heavy (non-hydrogen) atoms. The predicted molar refractivity (Wildman–Crippen MR) is 90.0 cm³/mol. The second kappa shape index (κ2) is 8.34. The molecule has 2 rings (SSSR count). The summed E-state index contributed by atoms with van der Waals surface area (Å²) in [7, 11) is 0. The summed E-state index contributed by atoms with van der Waals surface area (Å²) >= 11 is 0. The van der Waals surface area contributed by atoms with Crippen LogP contribution in [0.15, 0.2) is 42.5 Å². The number of halogens is 1. The van der Waals surface area contributed by atoms with Crippen LogP contribution >= 0.6 is 0 Å². The van der Waals surface area contributed by atoms with E-state index in [0.29, 0.717) is 17.9 Å². The maximum Gasteiger partial charge on any atom is 0.344 e. The SMILES string of the molecule is CCCCOc1ccc(-c2ccc(OC(C)C(=O)O)cc2)cc1F. The molecule has 1 atom stereocenters. The van der Waals surface area contributed by atoms with Crippen LogP contribution in [0.2, 0.25) is 0 Å². The van der Waals surface area contributed by atoms with Crippen LogP contribution in [0.1, 0.15) is 26.7 Å². The van der Waals surface area contributed by atoms with Gasteiger partial charge in [-0.3, -0.25) is 0 Å². The number of carbonyl (C=O) groups is 1. The molecule has 1 unspecified atom stereocenters. The van der Waals surface area contributed by atoms with E-state index in [4.69, 9.17) is 14.6 Å². The first-order valence-corrected chi connectivity index (χ1v) is 7.93. The fourth-order valence-corrected chi connectivity index (χ4v) is 2.10. The summed E-state index contributed by atoms with van der Waals surface area (Å²) in [4.78, 5) is 10.8. The van der Waals surface area contributed by atoms with E-state index in [-0.39, 0.29) is 5.75 Å². The molecule has 2 aromatic rings. The fraction of sp³-hybridized carbons (Fsp3) is 0.316. The summed E-state index contributed by atoms with van der Waals surface area (Å²) in [5, 5.41) is 8.83. The van der Waals surface area contributed by atoms with E-state index in [1.165, 1.54) is 13.0 Å². The normalized spacial score (nSPS) is 11.8. The summed E-state index contributed by atoms with van der Waals surface area (Å²) in [6.07, 6.45) is 0.958. The van der Waals surface area contributed by atoms with Gasteiger partial charge >= 0.3 is 5.97 Å². The number of hydrogen-bond donors (Lipinski definition) is 1. The molecule has 128 valence electrons. The van der Waals surface area contributed by atoms with Gasteiger partial charge in [-0.25, -0.2) is 9.18 Å². The zero-order valence-corrected chi connectivity index (χ0v) is 13.8. The largest absolute Gasteiger partial charge is 0.491 e. The van der Waals surface area contributed by atoms with Crippen molar-refractivity contribution in [2.45, 2.75) is 32.8 Å². The van der Waals surface area contributed by atoms with Crippen molar-refractivity contribution in [3.05, 3.63) is 48.3 Å². The highest BCUT2D eigenvalue weighted by molar-refractivity contribution is 5.72. The Morgan fingerprint density at radius 1 is 1.17 bits per heavy atom. The molecule has 0 spiro atoms. The van der Waals surface area contributed by atoms with Crippen molar-refractivity contribution in [3.8, 4) is 22.6 Å². The van der Waals surface area contributed by atoms with Crippen LogP contribution in [0.3, 0.4) is 0 Å². The van der Waals surface area contributed by atoms with Gasteiger partial charge in [0.1, 0.15) is 5.75 Å². The first-order chi connectivity index (χ1) is 11.5. The molecule has 0 saturated heterocycles. The van der Waals surface area contributed by atoms with Gasteiger partial charge in [0.25, 0.3) is 0 Å². The van der Waals surface area contributed by atoms with Gasteiger partial charge < -0.3 is 14.6 Å². The third kappa shape index (κ3) is 4.72. The van der Waals surface area contributed by atoms with E-state index in [9.17, 15) is 9.18 Å². The van der Waals surface area contributed by atoms with Gasteiger partial charge in [-0.05, 0) is 48.7 Å². The quantitative estimate of drug-likeness (QED) is 0.722. The highest BCUT2D eigenvalue weighted by Gasteiger charge is 2.12. The van der Waals surface area contributed by atoms with Gasteiger partial charge in [0, 0.05) is 0 Å². The Balaban J connectivity index is 2.08. The van der Waals surface area contributed by atoms with Crippen molar-refractivity contribution in [2.24, 2.45) is 0 Å². The number of carboxylic acids is 1. The van der Waals surface area contributed by atoms with Crippen molar-refractivity contribution in [3.63, 3.8) is 0 Å². The first kappa shape index (κ1) is 17.8. The van der Waals surface area contributed by atoms with Crippen LogP contribution in [0.25, 0.3) is 11.1 Å². The van der Waals surface area contributed by atoms with E-state index in [2.05, 4.69) is 0 Å². The van der Waals surface area contributed by atoms with Crippen molar-refractivity contribution in [1.82, 2.24) is 0 Å². The number of aliphatic carboxylic acids is 1. The Bertz CT molecular complexity index is 682. The lowest BCUT2D eigenvalue weighted by Crippen LogP contribution is -2.22. The Hall–Kier alpha value is -2.56. The number of benzene rings is 2.